The van der Waals surface area contributed by atoms with Gasteiger partial charge in [0.2, 0.25) is 0 Å². The largest absolute Gasteiger partial charge is 0.395 e. The summed E-state index contributed by atoms with van der Waals surface area (Å²) in [6.45, 7) is -0.255. The van der Waals surface area contributed by atoms with Crippen LogP contribution in [-0.2, 0) is 9.59 Å². The van der Waals surface area contributed by atoms with Gasteiger partial charge in [-0.05, 0) is 24.3 Å². The van der Waals surface area contributed by atoms with Crippen LogP contribution in [0, 0.1) is 0 Å². The molecule has 1 aromatic heterocycles. The lowest BCUT2D eigenvalue weighted by atomic mass is 10.1. The molecule has 2 amide bonds. The summed E-state index contributed by atoms with van der Waals surface area (Å²) in [6.07, 6.45) is 2.97. The molecule has 0 radical (unpaired) electrons. The number of aliphatic hydroxyl groups excluding tert-OH is 1. The van der Waals surface area contributed by atoms with Gasteiger partial charge in [0.05, 0.1) is 18.8 Å². The topological polar surface area (TPSA) is 82.5 Å². The molecule has 2 N–H and O–H groups in total. The number of carbonyl (C=O) groups excluding carboxylic acids is 2. The van der Waals surface area contributed by atoms with Crippen molar-refractivity contribution in [3.63, 3.8) is 0 Å². The van der Waals surface area contributed by atoms with E-state index in [0.29, 0.717) is 5.69 Å². The first-order valence-electron chi connectivity index (χ1n) is 7.16. The SMILES string of the molecule is O=C1C=C(Nc2ccc(-c3ccccn3)cc2)C(=O)N1CCO. The highest BCUT2D eigenvalue weighted by Crippen LogP contribution is 2.21. The maximum atomic E-state index is 12.1. The number of aromatic nitrogens is 1. The molecule has 1 aliphatic rings. The molecule has 0 bridgehead atoms. The van der Waals surface area contributed by atoms with Crippen LogP contribution < -0.4 is 5.32 Å². The number of imide groups is 1. The number of nitrogens with zero attached hydrogens (tertiary/aromatic N) is 2. The quantitative estimate of drug-likeness (QED) is 0.816. The van der Waals surface area contributed by atoms with Gasteiger partial charge in [-0.15, -0.1) is 0 Å². The molecule has 6 heteroatoms. The van der Waals surface area contributed by atoms with E-state index < -0.39 is 11.8 Å². The molecule has 6 nitrogen and oxygen atoms in total. The number of carbonyl (C=O) groups is 2. The number of benzene rings is 1. The minimum absolute atomic E-state index is 0.00202. The van der Waals surface area contributed by atoms with Crippen LogP contribution in [0.1, 0.15) is 0 Å². The van der Waals surface area contributed by atoms with Crippen LogP contribution in [0.5, 0.6) is 0 Å². The van der Waals surface area contributed by atoms with E-state index in [1.54, 1.807) is 6.20 Å². The molecule has 116 valence electrons. The minimum Gasteiger partial charge on any atom is -0.395 e. The van der Waals surface area contributed by atoms with Crippen LogP contribution in [0.4, 0.5) is 5.69 Å². The van der Waals surface area contributed by atoms with Crippen molar-refractivity contribution in [2.45, 2.75) is 0 Å². The first kappa shape index (κ1) is 14.9. The maximum absolute atomic E-state index is 12.1. The number of aliphatic hydroxyl groups is 1. The van der Waals surface area contributed by atoms with Gasteiger partial charge < -0.3 is 10.4 Å². The number of nitrogens with one attached hydrogen (secondary N) is 1. The highest BCUT2D eigenvalue weighted by Gasteiger charge is 2.30. The Kier molecular flexibility index (Phi) is 4.16. The molecule has 23 heavy (non-hydrogen) atoms. The normalized spacial score (nSPS) is 14.1. The standard InChI is InChI=1S/C17H15N3O3/c21-10-9-20-16(22)11-15(17(20)23)19-13-6-4-12(5-7-13)14-3-1-2-8-18-14/h1-8,11,19,21H,9-10H2. The summed E-state index contributed by atoms with van der Waals surface area (Å²) in [4.78, 5) is 29.0. The molecule has 0 unspecified atom stereocenters. The van der Waals surface area contributed by atoms with Crippen molar-refractivity contribution in [2.24, 2.45) is 0 Å². The molecule has 2 aromatic rings. The highest BCUT2D eigenvalue weighted by atomic mass is 16.3. The van der Waals surface area contributed by atoms with Gasteiger partial charge in [-0.3, -0.25) is 19.5 Å². The van der Waals surface area contributed by atoms with E-state index in [1.165, 1.54) is 6.08 Å². The van der Waals surface area contributed by atoms with Crippen LogP contribution in [0.25, 0.3) is 11.3 Å². The molecule has 1 aliphatic heterocycles. The van der Waals surface area contributed by atoms with Crippen LogP contribution in [0.15, 0.2) is 60.4 Å². The van der Waals surface area contributed by atoms with Crippen molar-refractivity contribution in [2.75, 3.05) is 18.5 Å². The van der Waals surface area contributed by atoms with Gasteiger partial charge in [0, 0.05) is 23.5 Å². The summed E-state index contributed by atoms with van der Waals surface area (Å²) in [5.74, 6) is -0.852. The Morgan fingerprint density at radius 3 is 2.52 bits per heavy atom. The predicted molar refractivity (Wildman–Crippen MR) is 85.2 cm³/mol. The third kappa shape index (κ3) is 3.12. The van der Waals surface area contributed by atoms with E-state index >= 15 is 0 Å². The van der Waals surface area contributed by atoms with Gasteiger partial charge in [0.25, 0.3) is 11.8 Å². The Balaban J connectivity index is 1.73. The van der Waals surface area contributed by atoms with Crippen molar-refractivity contribution >= 4 is 17.5 Å². The van der Waals surface area contributed by atoms with Gasteiger partial charge in [-0.1, -0.05) is 18.2 Å². The van der Waals surface area contributed by atoms with Gasteiger partial charge in [0.15, 0.2) is 0 Å². The fraction of sp³-hybridized carbons (Fsp3) is 0.118. The molecule has 0 saturated carbocycles. The zero-order chi connectivity index (χ0) is 16.2. The van der Waals surface area contributed by atoms with Crippen molar-refractivity contribution < 1.29 is 14.7 Å². The lowest BCUT2D eigenvalue weighted by Crippen LogP contribution is -2.34. The van der Waals surface area contributed by atoms with E-state index in [0.717, 1.165) is 16.2 Å². The number of β-amino-alcohol motifs (C(OH)–C–C–N with tert-alkyl or cyclic N) is 1. The smallest absolute Gasteiger partial charge is 0.277 e. The summed E-state index contributed by atoms with van der Waals surface area (Å²) < 4.78 is 0. The number of anilines is 1. The van der Waals surface area contributed by atoms with E-state index in [-0.39, 0.29) is 18.8 Å². The third-order valence-electron chi connectivity index (χ3n) is 3.46. The van der Waals surface area contributed by atoms with Gasteiger partial charge >= 0.3 is 0 Å². The molecular formula is C17H15N3O3. The highest BCUT2D eigenvalue weighted by molar-refractivity contribution is 6.17. The van der Waals surface area contributed by atoms with Gasteiger partial charge in [-0.25, -0.2) is 0 Å². The first-order valence-corrected chi connectivity index (χ1v) is 7.16. The van der Waals surface area contributed by atoms with Crippen molar-refractivity contribution in [1.82, 2.24) is 9.88 Å². The van der Waals surface area contributed by atoms with Crippen LogP contribution in [0.2, 0.25) is 0 Å². The fourth-order valence-electron chi connectivity index (χ4n) is 2.32. The Morgan fingerprint density at radius 2 is 1.87 bits per heavy atom. The van der Waals surface area contributed by atoms with Gasteiger partial charge in [0.1, 0.15) is 5.70 Å². The van der Waals surface area contributed by atoms with E-state index in [1.807, 2.05) is 42.5 Å². The molecule has 1 aromatic carbocycles. The summed E-state index contributed by atoms with van der Waals surface area (Å²) >= 11 is 0. The first-order chi connectivity index (χ1) is 11.2. The second-order valence-electron chi connectivity index (χ2n) is 4.99. The van der Waals surface area contributed by atoms with E-state index in [9.17, 15) is 9.59 Å². The summed E-state index contributed by atoms with van der Waals surface area (Å²) in [7, 11) is 0. The fourth-order valence-corrected chi connectivity index (χ4v) is 2.32. The summed E-state index contributed by atoms with van der Waals surface area (Å²) in [5.41, 5.74) is 2.72. The Labute approximate surface area is 133 Å². The van der Waals surface area contributed by atoms with Gasteiger partial charge in [-0.2, -0.15) is 0 Å². The van der Waals surface area contributed by atoms with Crippen LogP contribution in [0.3, 0.4) is 0 Å². The number of hydrogen-bond acceptors (Lipinski definition) is 5. The Morgan fingerprint density at radius 1 is 1.09 bits per heavy atom. The van der Waals surface area contributed by atoms with Crippen LogP contribution in [-0.4, -0.2) is 40.0 Å². The monoisotopic (exact) mass is 309 g/mol. The maximum Gasteiger partial charge on any atom is 0.277 e. The average Bonchev–Trinajstić information content (AvgIpc) is 2.84. The minimum atomic E-state index is -0.433. The van der Waals surface area contributed by atoms with Crippen LogP contribution >= 0.6 is 0 Å². The molecule has 0 fully saturated rings. The summed E-state index contributed by atoms with van der Waals surface area (Å²) in [5, 5.41) is 11.8. The predicted octanol–water partition coefficient (Wildman–Crippen LogP) is 1.41. The number of rotatable bonds is 5. The molecule has 0 spiro atoms. The zero-order valence-electron chi connectivity index (χ0n) is 12.3. The van der Waals surface area contributed by atoms with Crippen molar-refractivity contribution in [3.8, 4) is 11.3 Å². The molecular weight excluding hydrogens is 294 g/mol. The molecule has 2 heterocycles. The second kappa shape index (κ2) is 6.41. The number of pyridine rings is 1. The number of hydrogen-bond donors (Lipinski definition) is 2. The van der Waals surface area contributed by atoms with E-state index in [4.69, 9.17) is 5.11 Å². The average molecular weight is 309 g/mol. The molecule has 3 rings (SSSR count). The number of amides is 2. The van der Waals surface area contributed by atoms with Crippen molar-refractivity contribution in [3.05, 3.63) is 60.4 Å². The van der Waals surface area contributed by atoms with E-state index in [2.05, 4.69) is 10.3 Å². The zero-order valence-corrected chi connectivity index (χ0v) is 12.3. The lowest BCUT2D eigenvalue weighted by Gasteiger charge is -2.13. The third-order valence-corrected chi connectivity index (χ3v) is 3.46. The lowest BCUT2D eigenvalue weighted by molar-refractivity contribution is -0.137. The second-order valence-corrected chi connectivity index (χ2v) is 4.99. The van der Waals surface area contributed by atoms with Crippen molar-refractivity contribution in [1.29, 1.82) is 0 Å². The summed E-state index contributed by atoms with van der Waals surface area (Å²) in [6, 6.07) is 13.1. The molecule has 0 saturated heterocycles. The Hall–Kier alpha value is -2.99. The Bertz CT molecular complexity index is 754. The molecule has 0 atom stereocenters. The molecule has 0 aliphatic carbocycles.